The van der Waals surface area contributed by atoms with Gasteiger partial charge in [0.15, 0.2) is 0 Å². The van der Waals surface area contributed by atoms with Crippen LogP contribution >= 0.6 is 39.5 Å². The molecule has 1 aromatic carbocycles. The maximum Gasteiger partial charge on any atom is 0.104 e. The lowest BCUT2D eigenvalue weighted by atomic mass is 10.1. The molecule has 0 radical (unpaired) electrons. The second kappa shape index (κ2) is 5.82. The van der Waals surface area contributed by atoms with E-state index in [0.717, 1.165) is 27.8 Å². The number of thiophene rings is 1. The monoisotopic (exact) mass is 340 g/mol. The molecule has 2 nitrogen and oxygen atoms in total. The van der Waals surface area contributed by atoms with Gasteiger partial charge in [-0.1, -0.05) is 12.2 Å². The van der Waals surface area contributed by atoms with Crippen LogP contribution in [0.3, 0.4) is 0 Å². The smallest absolute Gasteiger partial charge is 0.104 e. The number of nitrogens with one attached hydrogen (secondary N) is 1. The minimum Gasteiger partial charge on any atom is -0.389 e. The predicted molar refractivity (Wildman–Crippen MR) is 86.4 cm³/mol. The third kappa shape index (κ3) is 3.31. The van der Waals surface area contributed by atoms with Crippen molar-refractivity contribution in [3.63, 3.8) is 0 Å². The van der Waals surface area contributed by atoms with E-state index in [1.807, 2.05) is 19.1 Å². The number of rotatable bonds is 4. The average Bonchev–Trinajstić information content (AvgIpc) is 2.72. The molecule has 18 heavy (non-hydrogen) atoms. The Hall–Kier alpha value is -0.910. The molecule has 0 saturated heterocycles. The van der Waals surface area contributed by atoms with Gasteiger partial charge in [-0.2, -0.15) is 0 Å². The van der Waals surface area contributed by atoms with Crippen molar-refractivity contribution in [3.8, 4) is 0 Å². The average molecular weight is 341 g/mol. The number of hydrogen-bond acceptors (Lipinski definition) is 3. The van der Waals surface area contributed by atoms with Gasteiger partial charge in [0.25, 0.3) is 0 Å². The summed E-state index contributed by atoms with van der Waals surface area (Å²) in [6.07, 6.45) is 0. The highest BCUT2D eigenvalue weighted by Crippen LogP contribution is 2.21. The van der Waals surface area contributed by atoms with Gasteiger partial charge in [0.2, 0.25) is 0 Å². The van der Waals surface area contributed by atoms with Crippen LogP contribution < -0.4 is 11.1 Å². The van der Waals surface area contributed by atoms with Crippen LogP contribution in [0.25, 0.3) is 0 Å². The van der Waals surface area contributed by atoms with Crippen LogP contribution in [-0.2, 0) is 6.54 Å². The van der Waals surface area contributed by atoms with Gasteiger partial charge >= 0.3 is 0 Å². The summed E-state index contributed by atoms with van der Waals surface area (Å²) in [5.41, 5.74) is 8.76. The molecule has 0 spiro atoms. The van der Waals surface area contributed by atoms with Gasteiger partial charge in [-0.15, -0.1) is 11.3 Å². The molecular weight excluding hydrogens is 328 g/mol. The molecule has 0 atom stereocenters. The van der Waals surface area contributed by atoms with Gasteiger partial charge in [0.1, 0.15) is 4.99 Å². The quantitative estimate of drug-likeness (QED) is 0.824. The van der Waals surface area contributed by atoms with Crippen molar-refractivity contribution < 1.29 is 0 Å². The van der Waals surface area contributed by atoms with E-state index in [-0.39, 0.29) is 0 Å². The Morgan fingerprint density at radius 2 is 2.22 bits per heavy atom. The molecular formula is C13H13BrN2S2. The minimum atomic E-state index is 0.446. The molecule has 2 aromatic rings. The summed E-state index contributed by atoms with van der Waals surface area (Å²) in [5, 5.41) is 5.47. The number of aryl methyl sites for hydroxylation is 1. The van der Waals surface area contributed by atoms with Crippen molar-refractivity contribution in [2.45, 2.75) is 13.5 Å². The number of thiocarbonyl (C=S) groups is 1. The first-order chi connectivity index (χ1) is 8.56. The summed E-state index contributed by atoms with van der Waals surface area (Å²) in [6, 6.07) is 8.15. The molecule has 0 saturated carbocycles. The lowest BCUT2D eigenvalue weighted by molar-refractivity contribution is 1.19. The third-order valence-electron chi connectivity index (χ3n) is 2.58. The fourth-order valence-corrected chi connectivity index (χ4v) is 3.31. The summed E-state index contributed by atoms with van der Waals surface area (Å²) in [4.78, 5) is 1.74. The van der Waals surface area contributed by atoms with Crippen LogP contribution in [0, 0.1) is 6.92 Å². The van der Waals surface area contributed by atoms with Crippen LogP contribution in [-0.4, -0.2) is 4.99 Å². The Bertz CT molecular complexity index is 578. The summed E-state index contributed by atoms with van der Waals surface area (Å²) in [5.74, 6) is 0. The normalized spacial score (nSPS) is 10.3. The second-order valence-electron chi connectivity index (χ2n) is 3.98. The fraction of sp³-hybridized carbons (Fsp3) is 0.154. The molecule has 0 unspecified atom stereocenters. The highest BCUT2D eigenvalue weighted by molar-refractivity contribution is 9.10. The molecule has 0 aliphatic rings. The first kappa shape index (κ1) is 13.5. The fourth-order valence-electron chi connectivity index (χ4n) is 1.69. The largest absolute Gasteiger partial charge is 0.389 e. The Morgan fingerprint density at radius 1 is 1.44 bits per heavy atom. The van der Waals surface area contributed by atoms with Crippen LogP contribution in [0.4, 0.5) is 5.69 Å². The van der Waals surface area contributed by atoms with Gasteiger partial charge in [-0.25, -0.2) is 0 Å². The van der Waals surface area contributed by atoms with Crippen LogP contribution in [0.2, 0.25) is 0 Å². The topological polar surface area (TPSA) is 38.0 Å². The SMILES string of the molecule is Cc1cc(NCc2cc(Br)cs2)ccc1C(N)=S. The zero-order valence-corrected chi connectivity index (χ0v) is 13.1. The van der Waals surface area contributed by atoms with E-state index < -0.39 is 0 Å². The van der Waals surface area contributed by atoms with E-state index in [4.69, 9.17) is 18.0 Å². The molecule has 5 heteroatoms. The van der Waals surface area contributed by atoms with Gasteiger partial charge in [0.05, 0.1) is 0 Å². The molecule has 3 N–H and O–H groups in total. The molecule has 1 aromatic heterocycles. The standard InChI is InChI=1S/C13H13BrN2S2/c1-8-4-10(2-3-12(8)13(15)17)16-6-11-5-9(14)7-18-11/h2-5,7,16H,6H2,1H3,(H2,15,17). The van der Waals surface area contributed by atoms with Crippen LogP contribution in [0.5, 0.6) is 0 Å². The zero-order valence-electron chi connectivity index (χ0n) is 9.87. The molecule has 0 bridgehead atoms. The molecule has 94 valence electrons. The number of nitrogens with two attached hydrogens (primary N) is 1. The number of halogens is 1. The summed E-state index contributed by atoms with van der Waals surface area (Å²) < 4.78 is 1.13. The van der Waals surface area contributed by atoms with E-state index in [9.17, 15) is 0 Å². The first-order valence-corrected chi connectivity index (χ1v) is 7.51. The first-order valence-electron chi connectivity index (χ1n) is 5.43. The zero-order chi connectivity index (χ0) is 13.1. The van der Waals surface area contributed by atoms with Gasteiger partial charge in [-0.3, -0.25) is 0 Å². The Labute approximate surface area is 124 Å². The highest BCUT2D eigenvalue weighted by Gasteiger charge is 2.03. The summed E-state index contributed by atoms with van der Waals surface area (Å²) in [7, 11) is 0. The molecule has 0 fully saturated rings. The predicted octanol–water partition coefficient (Wildman–Crippen LogP) is 4.07. The van der Waals surface area contributed by atoms with Gasteiger partial charge < -0.3 is 11.1 Å². The summed E-state index contributed by atoms with van der Waals surface area (Å²) >= 11 is 10.2. The van der Waals surface area contributed by atoms with Crippen molar-refractivity contribution in [3.05, 3.63) is 50.1 Å². The maximum absolute atomic E-state index is 5.64. The molecule has 0 aliphatic heterocycles. The highest BCUT2D eigenvalue weighted by atomic mass is 79.9. The van der Waals surface area contributed by atoms with Crippen molar-refractivity contribution in [2.75, 3.05) is 5.32 Å². The molecule has 2 rings (SSSR count). The number of hydrogen-bond donors (Lipinski definition) is 2. The van der Waals surface area contributed by atoms with E-state index in [1.54, 1.807) is 11.3 Å². The Morgan fingerprint density at radius 3 is 2.78 bits per heavy atom. The van der Waals surface area contributed by atoms with Crippen LogP contribution in [0.1, 0.15) is 16.0 Å². The van der Waals surface area contributed by atoms with Crippen molar-refractivity contribution in [1.29, 1.82) is 0 Å². The van der Waals surface area contributed by atoms with E-state index in [0.29, 0.717) is 4.99 Å². The summed E-state index contributed by atoms with van der Waals surface area (Å²) in [6.45, 7) is 2.84. The van der Waals surface area contributed by atoms with Crippen molar-refractivity contribution >= 4 is 50.2 Å². The van der Waals surface area contributed by atoms with Crippen LogP contribution in [0.15, 0.2) is 34.1 Å². The Balaban J connectivity index is 2.06. The van der Waals surface area contributed by atoms with Gasteiger partial charge in [-0.05, 0) is 52.7 Å². The Kier molecular flexibility index (Phi) is 4.37. The minimum absolute atomic E-state index is 0.446. The molecule has 0 amide bonds. The lowest BCUT2D eigenvalue weighted by Gasteiger charge is -2.09. The molecule has 1 heterocycles. The van der Waals surface area contributed by atoms with Crippen molar-refractivity contribution in [1.82, 2.24) is 0 Å². The lowest BCUT2D eigenvalue weighted by Crippen LogP contribution is -2.11. The van der Waals surface area contributed by atoms with E-state index in [2.05, 4.69) is 38.8 Å². The number of benzene rings is 1. The third-order valence-corrected chi connectivity index (χ3v) is 4.50. The number of anilines is 1. The van der Waals surface area contributed by atoms with E-state index >= 15 is 0 Å². The van der Waals surface area contributed by atoms with Gasteiger partial charge in [0, 0.05) is 32.5 Å². The molecule has 0 aliphatic carbocycles. The maximum atomic E-state index is 5.64. The van der Waals surface area contributed by atoms with Crippen molar-refractivity contribution in [2.24, 2.45) is 5.73 Å². The second-order valence-corrected chi connectivity index (χ2v) is 6.33. The van der Waals surface area contributed by atoms with E-state index in [1.165, 1.54) is 4.88 Å².